The highest BCUT2D eigenvalue weighted by molar-refractivity contribution is 5.32. The van der Waals surface area contributed by atoms with Gasteiger partial charge in [0.05, 0.1) is 26.9 Å². The van der Waals surface area contributed by atoms with Crippen molar-refractivity contribution in [3.05, 3.63) is 29.6 Å². The quantitative estimate of drug-likeness (QED) is 0.739. The zero-order valence-corrected chi connectivity index (χ0v) is 9.98. The summed E-state index contributed by atoms with van der Waals surface area (Å²) in [6.45, 7) is 0.819. The normalized spacial score (nSPS) is 12.5. The van der Waals surface area contributed by atoms with Crippen molar-refractivity contribution in [1.82, 2.24) is 0 Å². The number of ether oxygens (including phenoxy) is 3. The molecule has 0 saturated heterocycles. The number of halogens is 1. The zero-order valence-electron chi connectivity index (χ0n) is 9.98. The fraction of sp³-hybridized carbons (Fsp3) is 0.500. The fourth-order valence-corrected chi connectivity index (χ4v) is 1.37. The van der Waals surface area contributed by atoms with Crippen molar-refractivity contribution in [2.75, 3.05) is 34.0 Å². The molecule has 1 N–H and O–H groups in total. The topological polar surface area (TPSA) is 47.9 Å². The van der Waals surface area contributed by atoms with Gasteiger partial charge < -0.3 is 19.3 Å². The number of methoxy groups -OCH3 is 2. The molecule has 0 amide bonds. The van der Waals surface area contributed by atoms with Crippen LogP contribution < -0.4 is 4.74 Å². The van der Waals surface area contributed by atoms with E-state index in [0.717, 1.165) is 0 Å². The van der Waals surface area contributed by atoms with E-state index in [4.69, 9.17) is 14.2 Å². The van der Waals surface area contributed by atoms with E-state index in [0.29, 0.717) is 13.2 Å². The molecule has 0 aromatic heterocycles. The van der Waals surface area contributed by atoms with Gasteiger partial charge in [-0.3, -0.25) is 0 Å². The highest BCUT2D eigenvalue weighted by atomic mass is 19.1. The summed E-state index contributed by atoms with van der Waals surface area (Å²) in [6, 6.07) is 4.62. The molecule has 0 spiro atoms. The Balaban J connectivity index is 2.59. The van der Waals surface area contributed by atoms with Crippen molar-refractivity contribution in [3.8, 4) is 5.75 Å². The first-order valence-corrected chi connectivity index (χ1v) is 5.27. The van der Waals surface area contributed by atoms with Gasteiger partial charge in [-0.1, -0.05) is 12.1 Å². The second kappa shape index (κ2) is 7.21. The first-order valence-electron chi connectivity index (χ1n) is 5.27. The molecule has 1 unspecified atom stereocenters. The Kier molecular flexibility index (Phi) is 5.90. The number of benzene rings is 1. The van der Waals surface area contributed by atoms with Crippen LogP contribution >= 0.6 is 0 Å². The lowest BCUT2D eigenvalue weighted by molar-refractivity contribution is 0.0112. The van der Waals surface area contributed by atoms with Gasteiger partial charge in [-0.15, -0.1) is 0 Å². The molecule has 0 aliphatic rings. The number of aliphatic hydroxyl groups excluding tert-OH is 1. The summed E-state index contributed by atoms with van der Waals surface area (Å²) in [5, 5.41) is 9.76. The van der Waals surface area contributed by atoms with Gasteiger partial charge in [0.15, 0.2) is 11.6 Å². The maximum Gasteiger partial charge on any atom is 0.170 e. The molecule has 96 valence electrons. The Morgan fingerprint density at radius 2 is 2.06 bits per heavy atom. The van der Waals surface area contributed by atoms with E-state index in [1.54, 1.807) is 13.2 Å². The van der Waals surface area contributed by atoms with Crippen molar-refractivity contribution in [2.24, 2.45) is 0 Å². The molecule has 0 aliphatic heterocycles. The van der Waals surface area contributed by atoms with Gasteiger partial charge in [0.25, 0.3) is 0 Å². The van der Waals surface area contributed by atoms with Crippen LogP contribution in [0.15, 0.2) is 18.2 Å². The Labute approximate surface area is 99.9 Å². The summed E-state index contributed by atoms with van der Waals surface area (Å²) in [4.78, 5) is 0. The lowest BCUT2D eigenvalue weighted by atomic mass is 10.1. The van der Waals surface area contributed by atoms with Crippen molar-refractivity contribution >= 4 is 0 Å². The van der Waals surface area contributed by atoms with E-state index in [-0.39, 0.29) is 17.9 Å². The summed E-state index contributed by atoms with van der Waals surface area (Å²) in [6.07, 6.45) is -1.01. The summed E-state index contributed by atoms with van der Waals surface area (Å²) >= 11 is 0. The van der Waals surface area contributed by atoms with E-state index in [1.165, 1.54) is 19.2 Å². The first-order chi connectivity index (χ1) is 8.20. The molecule has 0 radical (unpaired) electrons. The van der Waals surface area contributed by atoms with Crippen LogP contribution in [-0.4, -0.2) is 39.1 Å². The van der Waals surface area contributed by atoms with Crippen LogP contribution in [0.1, 0.15) is 11.7 Å². The van der Waals surface area contributed by atoms with Crippen molar-refractivity contribution in [3.63, 3.8) is 0 Å². The van der Waals surface area contributed by atoms with Gasteiger partial charge in [-0.05, 0) is 6.07 Å². The summed E-state index contributed by atoms with van der Waals surface area (Å²) in [7, 11) is 2.94. The van der Waals surface area contributed by atoms with Crippen LogP contribution in [0.5, 0.6) is 5.75 Å². The molecule has 1 aromatic carbocycles. The minimum atomic E-state index is -1.01. The molecule has 1 aromatic rings. The predicted molar refractivity (Wildman–Crippen MR) is 60.6 cm³/mol. The summed E-state index contributed by atoms with van der Waals surface area (Å²) in [5.74, 6) is -0.448. The molecule has 4 nitrogen and oxygen atoms in total. The fourth-order valence-electron chi connectivity index (χ4n) is 1.37. The monoisotopic (exact) mass is 244 g/mol. The van der Waals surface area contributed by atoms with Crippen LogP contribution in [0.25, 0.3) is 0 Å². The lowest BCUT2D eigenvalue weighted by Crippen LogP contribution is -2.12. The van der Waals surface area contributed by atoms with Gasteiger partial charge in [-0.25, -0.2) is 4.39 Å². The summed E-state index contributed by atoms with van der Waals surface area (Å²) < 4.78 is 28.5. The molecule has 0 fully saturated rings. The Hall–Kier alpha value is -1.17. The minimum Gasteiger partial charge on any atom is -0.494 e. The third-order valence-corrected chi connectivity index (χ3v) is 2.28. The van der Waals surface area contributed by atoms with Gasteiger partial charge in [0, 0.05) is 12.7 Å². The molecule has 0 saturated carbocycles. The molecule has 1 atom stereocenters. The standard InChI is InChI=1S/C12H17FO4/c1-15-6-7-17-8-10(14)9-4-3-5-11(16-2)12(9)13/h3-5,10,14H,6-8H2,1-2H3. The summed E-state index contributed by atoms with van der Waals surface area (Å²) in [5.41, 5.74) is 0.168. The first kappa shape index (κ1) is 13.9. The molecule has 17 heavy (non-hydrogen) atoms. The number of rotatable bonds is 7. The number of aliphatic hydroxyl groups is 1. The van der Waals surface area contributed by atoms with E-state index in [2.05, 4.69) is 0 Å². The third kappa shape index (κ3) is 3.96. The van der Waals surface area contributed by atoms with Crippen molar-refractivity contribution < 1.29 is 23.7 Å². The highest BCUT2D eigenvalue weighted by Crippen LogP contribution is 2.25. The van der Waals surface area contributed by atoms with Gasteiger partial charge in [-0.2, -0.15) is 0 Å². The average molecular weight is 244 g/mol. The van der Waals surface area contributed by atoms with Crippen molar-refractivity contribution in [1.29, 1.82) is 0 Å². The van der Waals surface area contributed by atoms with E-state index in [9.17, 15) is 9.50 Å². The average Bonchev–Trinajstić information content (AvgIpc) is 2.34. The molecule has 0 heterocycles. The molecular weight excluding hydrogens is 227 g/mol. The molecule has 1 rings (SSSR count). The second-order valence-electron chi connectivity index (χ2n) is 3.45. The van der Waals surface area contributed by atoms with Gasteiger partial charge >= 0.3 is 0 Å². The minimum absolute atomic E-state index is 0.0213. The Morgan fingerprint density at radius 1 is 1.29 bits per heavy atom. The molecular formula is C12H17FO4. The lowest BCUT2D eigenvalue weighted by Gasteiger charge is -2.13. The van der Waals surface area contributed by atoms with E-state index >= 15 is 0 Å². The SMILES string of the molecule is COCCOCC(O)c1cccc(OC)c1F. The van der Waals surface area contributed by atoms with Crippen LogP contribution in [0.3, 0.4) is 0 Å². The van der Waals surface area contributed by atoms with Crippen LogP contribution in [0, 0.1) is 5.82 Å². The van der Waals surface area contributed by atoms with Gasteiger partial charge in [0.2, 0.25) is 0 Å². The largest absolute Gasteiger partial charge is 0.494 e. The van der Waals surface area contributed by atoms with E-state index < -0.39 is 11.9 Å². The molecule has 0 aliphatic carbocycles. The van der Waals surface area contributed by atoms with E-state index in [1.807, 2.05) is 0 Å². The van der Waals surface area contributed by atoms with Crippen LogP contribution in [0.2, 0.25) is 0 Å². The Morgan fingerprint density at radius 3 is 2.71 bits per heavy atom. The molecule has 5 heteroatoms. The highest BCUT2D eigenvalue weighted by Gasteiger charge is 2.16. The maximum atomic E-state index is 13.7. The number of hydrogen-bond acceptors (Lipinski definition) is 4. The van der Waals surface area contributed by atoms with Crippen molar-refractivity contribution in [2.45, 2.75) is 6.10 Å². The van der Waals surface area contributed by atoms with Gasteiger partial charge in [0.1, 0.15) is 6.10 Å². The van der Waals surface area contributed by atoms with Crippen LogP contribution in [0.4, 0.5) is 4.39 Å². The molecule has 0 bridgehead atoms. The second-order valence-corrected chi connectivity index (χ2v) is 3.45. The predicted octanol–water partition coefficient (Wildman–Crippen LogP) is 1.53. The number of hydrogen-bond donors (Lipinski definition) is 1. The zero-order chi connectivity index (χ0) is 12.7. The smallest absolute Gasteiger partial charge is 0.170 e. The van der Waals surface area contributed by atoms with Crippen LogP contribution in [-0.2, 0) is 9.47 Å². The third-order valence-electron chi connectivity index (χ3n) is 2.28. The maximum absolute atomic E-state index is 13.7. The Bertz CT molecular complexity index is 343.